The zero-order valence-electron chi connectivity index (χ0n) is 4.96. The van der Waals surface area contributed by atoms with Crippen molar-refractivity contribution in [3.63, 3.8) is 0 Å². The normalized spacial score (nSPS) is 9.44. The fraction of sp³-hybridized carbons (Fsp3) is 0.167. The molecule has 0 bridgehead atoms. The summed E-state index contributed by atoms with van der Waals surface area (Å²) in [6.45, 7) is 1.75. The summed E-state index contributed by atoms with van der Waals surface area (Å²) in [6.07, 6.45) is 0. The van der Waals surface area contributed by atoms with Gasteiger partial charge in [0.1, 0.15) is 0 Å². The van der Waals surface area contributed by atoms with Crippen LogP contribution in [0.2, 0.25) is 0 Å². The van der Waals surface area contributed by atoms with Crippen molar-refractivity contribution in [2.75, 3.05) is 0 Å². The van der Waals surface area contributed by atoms with Crippen molar-refractivity contribution in [2.24, 2.45) is 0 Å². The minimum absolute atomic E-state index is 0.0116. The van der Waals surface area contributed by atoms with E-state index in [0.717, 1.165) is 4.88 Å². The summed E-state index contributed by atoms with van der Waals surface area (Å²) >= 11 is 1.40. The zero-order valence-corrected chi connectivity index (χ0v) is 5.77. The van der Waals surface area contributed by atoms with Crippen LogP contribution in [0.1, 0.15) is 4.88 Å². The van der Waals surface area contributed by atoms with Crippen LogP contribution in [0.4, 0.5) is 0 Å². The molecule has 0 saturated heterocycles. The third kappa shape index (κ3) is 1.10. The molecule has 0 fully saturated rings. The standard InChI is InChI=1S/C6H6O2S/c1-4-6(8)5(7)2-3-9-4/h2-3,8H,1H3/p+1. The van der Waals surface area contributed by atoms with E-state index in [9.17, 15) is 0 Å². The Kier molecular flexibility index (Phi) is 1.53. The third-order valence-electron chi connectivity index (χ3n) is 1.05. The molecule has 1 aromatic rings. The predicted molar refractivity (Wildman–Crippen MR) is 35.8 cm³/mol. The van der Waals surface area contributed by atoms with Crippen molar-refractivity contribution in [1.82, 2.24) is 0 Å². The number of hydrogen-bond donors (Lipinski definition) is 1. The van der Waals surface area contributed by atoms with E-state index in [-0.39, 0.29) is 11.2 Å². The van der Waals surface area contributed by atoms with Crippen LogP contribution in [0.25, 0.3) is 0 Å². The van der Waals surface area contributed by atoms with E-state index in [4.69, 9.17) is 9.90 Å². The van der Waals surface area contributed by atoms with Gasteiger partial charge in [0.05, 0.1) is 10.9 Å². The van der Waals surface area contributed by atoms with E-state index in [2.05, 4.69) is 0 Å². The fourth-order valence-electron chi connectivity index (χ4n) is 0.516. The summed E-state index contributed by atoms with van der Waals surface area (Å²) in [5.74, 6) is -0.0116. The minimum Gasteiger partial charge on any atom is -0.500 e. The highest BCUT2D eigenvalue weighted by molar-refractivity contribution is 7.09. The molecule has 48 valence electrons. The van der Waals surface area contributed by atoms with Crippen LogP contribution in [0.3, 0.4) is 0 Å². The van der Waals surface area contributed by atoms with Crippen molar-refractivity contribution >= 4 is 11.3 Å². The summed E-state index contributed by atoms with van der Waals surface area (Å²) in [5.41, 5.74) is -0.0498. The number of aryl methyl sites for hydroxylation is 1. The lowest BCUT2D eigenvalue weighted by Crippen LogP contribution is -1.98. The Balaban J connectivity index is 3.43. The van der Waals surface area contributed by atoms with E-state index in [0.29, 0.717) is 0 Å². The zero-order chi connectivity index (χ0) is 6.85. The molecule has 2 N–H and O–H groups in total. The van der Waals surface area contributed by atoms with Gasteiger partial charge in [0.15, 0.2) is 0 Å². The van der Waals surface area contributed by atoms with E-state index in [1.165, 1.54) is 17.4 Å². The monoisotopic (exact) mass is 143 g/mol. The summed E-state index contributed by atoms with van der Waals surface area (Å²) in [5, 5.41) is 10.7. The molecule has 3 heteroatoms. The first kappa shape index (κ1) is 6.29. The molecule has 9 heavy (non-hydrogen) atoms. The second kappa shape index (κ2) is 2.19. The van der Waals surface area contributed by atoms with Crippen molar-refractivity contribution in [3.8, 4) is 5.75 Å². The fourth-order valence-corrected chi connectivity index (χ4v) is 1.13. The predicted octanol–water partition coefficient (Wildman–Crippen LogP) is 0.767. The molecule has 0 aromatic carbocycles. The van der Waals surface area contributed by atoms with Crippen molar-refractivity contribution in [3.05, 3.63) is 21.8 Å². The van der Waals surface area contributed by atoms with Gasteiger partial charge >= 0.3 is 5.43 Å². The average Bonchev–Trinajstić information content (AvgIpc) is 1.83. The highest BCUT2D eigenvalue weighted by atomic mass is 32.1. The molecule has 1 aromatic heterocycles. The number of aromatic hydroxyl groups is 1. The van der Waals surface area contributed by atoms with Gasteiger partial charge in [-0.05, 0) is 6.92 Å². The van der Waals surface area contributed by atoms with Crippen LogP contribution in [-0.4, -0.2) is 9.90 Å². The highest BCUT2D eigenvalue weighted by Crippen LogP contribution is 2.12. The van der Waals surface area contributed by atoms with E-state index in [1.54, 1.807) is 12.3 Å². The Morgan fingerprint density at radius 1 is 1.67 bits per heavy atom. The summed E-state index contributed by atoms with van der Waals surface area (Å²) in [7, 11) is 0. The van der Waals surface area contributed by atoms with Gasteiger partial charge in [0.25, 0.3) is 0 Å². The Labute approximate surface area is 56.4 Å². The highest BCUT2D eigenvalue weighted by Gasteiger charge is 2.02. The molecule has 1 rings (SSSR count). The SMILES string of the molecule is Cc1sccc(=[OH+])c1O. The maximum absolute atomic E-state index is 8.97. The molecule has 0 radical (unpaired) electrons. The number of rotatable bonds is 0. The molecule has 0 aliphatic rings. The van der Waals surface area contributed by atoms with Crippen molar-refractivity contribution < 1.29 is 9.90 Å². The topological polar surface area (TPSA) is 41.6 Å². The van der Waals surface area contributed by atoms with Gasteiger partial charge in [-0.3, -0.25) is 4.79 Å². The first-order chi connectivity index (χ1) is 4.22. The van der Waals surface area contributed by atoms with Crippen LogP contribution in [0.15, 0.2) is 11.4 Å². The smallest absolute Gasteiger partial charge is 0.383 e. The van der Waals surface area contributed by atoms with Gasteiger partial charge in [-0.25, -0.2) is 0 Å². The molecule has 0 saturated carbocycles. The molecule has 1 heterocycles. The molecule has 0 unspecified atom stereocenters. The summed E-state index contributed by atoms with van der Waals surface area (Å²) in [6, 6.07) is 1.47. The van der Waals surface area contributed by atoms with Crippen LogP contribution in [0.5, 0.6) is 5.75 Å². The quantitative estimate of drug-likeness (QED) is 0.535. The van der Waals surface area contributed by atoms with Gasteiger partial charge in [-0.2, -0.15) is 0 Å². The first-order valence-corrected chi connectivity index (χ1v) is 3.39. The van der Waals surface area contributed by atoms with E-state index in [1.807, 2.05) is 0 Å². The maximum Gasteiger partial charge on any atom is 0.383 e. The van der Waals surface area contributed by atoms with Crippen LogP contribution < -0.4 is 5.43 Å². The van der Waals surface area contributed by atoms with Gasteiger partial charge < -0.3 is 5.11 Å². The van der Waals surface area contributed by atoms with Gasteiger partial charge in [-0.1, -0.05) is 0 Å². The van der Waals surface area contributed by atoms with Gasteiger partial charge in [0, 0.05) is 5.38 Å². The van der Waals surface area contributed by atoms with Gasteiger partial charge in [-0.15, -0.1) is 11.3 Å². The Morgan fingerprint density at radius 2 is 2.33 bits per heavy atom. The third-order valence-corrected chi connectivity index (χ3v) is 1.87. The molecule has 0 spiro atoms. The van der Waals surface area contributed by atoms with Crippen molar-refractivity contribution in [1.29, 1.82) is 0 Å². The average molecular weight is 143 g/mol. The second-order valence-corrected chi connectivity index (χ2v) is 2.83. The Bertz CT molecular complexity index is 264. The first-order valence-electron chi connectivity index (χ1n) is 2.51. The van der Waals surface area contributed by atoms with Crippen LogP contribution in [-0.2, 0) is 0 Å². The lowest BCUT2D eigenvalue weighted by molar-refractivity contribution is 0.435. The molecule has 0 atom stereocenters. The molecular formula is C6H7O2S+. The molecular weight excluding hydrogens is 136 g/mol. The van der Waals surface area contributed by atoms with Gasteiger partial charge in [0.2, 0.25) is 5.75 Å². The molecule has 0 amide bonds. The minimum atomic E-state index is -0.0498. The van der Waals surface area contributed by atoms with Crippen LogP contribution in [0, 0.1) is 6.92 Å². The molecule has 0 aliphatic carbocycles. The van der Waals surface area contributed by atoms with Crippen molar-refractivity contribution in [2.45, 2.75) is 6.92 Å². The second-order valence-electron chi connectivity index (χ2n) is 1.71. The Hall–Kier alpha value is -0.830. The van der Waals surface area contributed by atoms with E-state index >= 15 is 0 Å². The van der Waals surface area contributed by atoms with E-state index < -0.39 is 0 Å². The Morgan fingerprint density at radius 3 is 2.78 bits per heavy atom. The lowest BCUT2D eigenvalue weighted by Gasteiger charge is -1.86. The molecule has 0 aliphatic heterocycles. The lowest BCUT2D eigenvalue weighted by atomic mass is 10.4. The van der Waals surface area contributed by atoms with Crippen LogP contribution >= 0.6 is 11.3 Å². The molecule has 2 nitrogen and oxygen atoms in total. The summed E-state index contributed by atoms with van der Waals surface area (Å²) < 4.78 is 0. The summed E-state index contributed by atoms with van der Waals surface area (Å²) in [4.78, 5) is 9.59. The number of hydrogen-bond acceptors (Lipinski definition) is 2. The maximum atomic E-state index is 8.97. The largest absolute Gasteiger partial charge is 0.500 e.